The molecule has 2 aliphatic heterocycles. The summed E-state index contributed by atoms with van der Waals surface area (Å²) in [7, 11) is 0. The lowest BCUT2D eigenvalue weighted by atomic mass is 9.71. The Balaban J connectivity index is 1.54. The summed E-state index contributed by atoms with van der Waals surface area (Å²) in [4.78, 5) is 14.6. The number of ether oxygens (including phenoxy) is 1. The molecule has 0 saturated carbocycles. The van der Waals surface area contributed by atoms with Crippen LogP contribution in [0.15, 0.2) is 48.5 Å². The summed E-state index contributed by atoms with van der Waals surface area (Å²) >= 11 is 0. The van der Waals surface area contributed by atoms with Crippen molar-refractivity contribution in [1.29, 1.82) is 5.26 Å². The van der Waals surface area contributed by atoms with Crippen LogP contribution in [-0.2, 0) is 16.9 Å². The van der Waals surface area contributed by atoms with Gasteiger partial charge in [-0.2, -0.15) is 5.26 Å². The van der Waals surface area contributed by atoms with Crippen LogP contribution in [0.3, 0.4) is 0 Å². The standard InChI is InChI=1S/C23H23FN2O3/c24-21-11-5-10-20(19(21)14-25)23(28)12-17-8-4-9-18(13-23)26(17)22(27)29-15-16-6-2-1-3-7-16/h1-3,5-7,10-11,17-18,28H,4,8-9,12-13,15H2. The maximum Gasteiger partial charge on any atom is 0.410 e. The van der Waals surface area contributed by atoms with Crippen LogP contribution in [-0.4, -0.2) is 28.2 Å². The molecule has 2 saturated heterocycles. The molecule has 2 aliphatic rings. The molecule has 2 unspecified atom stereocenters. The minimum absolute atomic E-state index is 0.117. The van der Waals surface area contributed by atoms with Crippen LogP contribution >= 0.6 is 0 Å². The molecule has 1 N–H and O–H groups in total. The van der Waals surface area contributed by atoms with E-state index >= 15 is 0 Å². The molecule has 2 aromatic rings. The number of carbonyl (C=O) groups is 1. The van der Waals surface area contributed by atoms with Gasteiger partial charge in [0.05, 0.1) is 11.2 Å². The Labute approximate surface area is 169 Å². The highest BCUT2D eigenvalue weighted by Crippen LogP contribution is 2.45. The molecule has 0 radical (unpaired) electrons. The van der Waals surface area contributed by atoms with Crippen molar-refractivity contribution in [2.24, 2.45) is 0 Å². The van der Waals surface area contributed by atoms with E-state index in [0.717, 1.165) is 24.8 Å². The first kappa shape index (κ1) is 19.4. The number of rotatable bonds is 3. The summed E-state index contributed by atoms with van der Waals surface area (Å²) in [6.45, 7) is 0.197. The van der Waals surface area contributed by atoms with Gasteiger partial charge in [0.15, 0.2) is 0 Å². The van der Waals surface area contributed by atoms with Gasteiger partial charge in [0.25, 0.3) is 0 Å². The molecule has 0 aromatic heterocycles. The molecule has 2 fully saturated rings. The van der Waals surface area contributed by atoms with Gasteiger partial charge in [0.2, 0.25) is 0 Å². The minimum atomic E-state index is -1.33. The smallest absolute Gasteiger partial charge is 0.410 e. The summed E-state index contributed by atoms with van der Waals surface area (Å²) in [6.07, 6.45) is 2.60. The van der Waals surface area contributed by atoms with Gasteiger partial charge in [-0.3, -0.25) is 0 Å². The third-order valence-electron chi connectivity index (χ3n) is 6.05. The molecule has 4 rings (SSSR count). The lowest BCUT2D eigenvalue weighted by Crippen LogP contribution is -2.59. The fourth-order valence-corrected chi connectivity index (χ4v) is 4.77. The Morgan fingerprint density at radius 1 is 1.17 bits per heavy atom. The highest BCUT2D eigenvalue weighted by atomic mass is 19.1. The van der Waals surface area contributed by atoms with Crippen molar-refractivity contribution in [3.8, 4) is 6.07 Å². The number of amides is 1. The molecule has 2 atom stereocenters. The molecule has 6 heteroatoms. The SMILES string of the molecule is N#Cc1c(F)cccc1C1(O)CC2CCCC(C1)N2C(=O)OCc1ccccc1. The molecule has 0 spiro atoms. The lowest BCUT2D eigenvalue weighted by Gasteiger charge is -2.51. The summed E-state index contributed by atoms with van der Waals surface area (Å²) in [5, 5.41) is 20.8. The lowest BCUT2D eigenvalue weighted by molar-refractivity contribution is -0.0898. The van der Waals surface area contributed by atoms with Gasteiger partial charge < -0.3 is 14.7 Å². The number of benzene rings is 2. The first-order valence-corrected chi connectivity index (χ1v) is 9.92. The Hall–Kier alpha value is -2.91. The largest absolute Gasteiger partial charge is 0.445 e. The number of fused-ring (bicyclic) bond motifs is 2. The van der Waals surface area contributed by atoms with E-state index in [2.05, 4.69) is 0 Å². The van der Waals surface area contributed by atoms with Gasteiger partial charge in [-0.25, -0.2) is 9.18 Å². The molecule has 29 heavy (non-hydrogen) atoms. The summed E-state index contributed by atoms with van der Waals surface area (Å²) in [5.41, 5.74) is -0.223. The van der Waals surface area contributed by atoms with E-state index in [1.165, 1.54) is 12.1 Å². The fraction of sp³-hybridized carbons (Fsp3) is 0.391. The first-order valence-electron chi connectivity index (χ1n) is 9.92. The minimum Gasteiger partial charge on any atom is -0.445 e. The van der Waals surface area contributed by atoms with Crippen LogP contribution in [0.25, 0.3) is 0 Å². The molecule has 1 amide bonds. The predicted octanol–water partition coefficient (Wildman–Crippen LogP) is 4.24. The van der Waals surface area contributed by atoms with Gasteiger partial charge in [0.1, 0.15) is 18.5 Å². The van der Waals surface area contributed by atoms with Crippen LogP contribution < -0.4 is 0 Å². The monoisotopic (exact) mass is 394 g/mol. The average molecular weight is 394 g/mol. The Morgan fingerprint density at radius 3 is 2.52 bits per heavy atom. The van der Waals surface area contributed by atoms with Crippen molar-refractivity contribution in [1.82, 2.24) is 4.90 Å². The van der Waals surface area contributed by atoms with Crippen LogP contribution in [0, 0.1) is 17.1 Å². The average Bonchev–Trinajstić information content (AvgIpc) is 2.72. The number of nitriles is 1. The third kappa shape index (κ3) is 3.70. The van der Waals surface area contributed by atoms with E-state index in [1.54, 1.807) is 11.0 Å². The van der Waals surface area contributed by atoms with Gasteiger partial charge >= 0.3 is 6.09 Å². The second-order valence-corrected chi connectivity index (χ2v) is 7.90. The number of hydrogen-bond donors (Lipinski definition) is 1. The van der Waals surface area contributed by atoms with Gasteiger partial charge in [-0.15, -0.1) is 0 Å². The first-order chi connectivity index (χ1) is 14.0. The second kappa shape index (κ2) is 7.84. The third-order valence-corrected chi connectivity index (χ3v) is 6.05. The molecule has 2 aromatic carbocycles. The molecule has 150 valence electrons. The molecular formula is C23H23FN2O3. The molecular weight excluding hydrogens is 371 g/mol. The summed E-state index contributed by atoms with van der Waals surface area (Å²) in [6, 6.07) is 15.3. The number of nitrogens with zero attached hydrogens (tertiary/aromatic N) is 2. The van der Waals surface area contributed by atoms with E-state index in [4.69, 9.17) is 4.74 Å². The highest BCUT2D eigenvalue weighted by Gasteiger charge is 2.49. The summed E-state index contributed by atoms with van der Waals surface area (Å²) in [5.74, 6) is -0.631. The topological polar surface area (TPSA) is 73.6 Å². The summed E-state index contributed by atoms with van der Waals surface area (Å²) < 4.78 is 19.6. The van der Waals surface area contributed by atoms with Gasteiger partial charge in [-0.1, -0.05) is 42.5 Å². The van der Waals surface area contributed by atoms with E-state index in [0.29, 0.717) is 5.56 Å². The Morgan fingerprint density at radius 2 is 1.86 bits per heavy atom. The highest BCUT2D eigenvalue weighted by molar-refractivity contribution is 5.69. The molecule has 2 heterocycles. The normalized spacial score (nSPS) is 25.9. The molecule has 0 aliphatic carbocycles. The number of piperidine rings is 2. The van der Waals surface area contributed by atoms with Crippen molar-refractivity contribution in [2.45, 2.75) is 56.4 Å². The van der Waals surface area contributed by atoms with Gasteiger partial charge in [-0.05, 0) is 30.9 Å². The number of aliphatic hydroxyl groups is 1. The van der Waals surface area contributed by atoms with E-state index in [9.17, 15) is 19.6 Å². The molecule has 5 nitrogen and oxygen atoms in total. The zero-order chi connectivity index (χ0) is 20.4. The quantitative estimate of drug-likeness (QED) is 0.845. The van der Waals surface area contributed by atoms with E-state index < -0.39 is 11.4 Å². The zero-order valence-electron chi connectivity index (χ0n) is 16.1. The number of halogens is 1. The second-order valence-electron chi connectivity index (χ2n) is 7.90. The van der Waals surface area contributed by atoms with Crippen LogP contribution in [0.2, 0.25) is 0 Å². The van der Waals surface area contributed by atoms with Crippen molar-refractivity contribution in [3.63, 3.8) is 0 Å². The fourth-order valence-electron chi connectivity index (χ4n) is 4.77. The van der Waals surface area contributed by atoms with Crippen LogP contribution in [0.1, 0.15) is 48.8 Å². The Bertz CT molecular complexity index is 927. The van der Waals surface area contributed by atoms with Crippen molar-refractivity contribution >= 4 is 6.09 Å². The predicted molar refractivity (Wildman–Crippen MR) is 104 cm³/mol. The van der Waals surface area contributed by atoms with Crippen LogP contribution in [0.4, 0.5) is 9.18 Å². The van der Waals surface area contributed by atoms with Crippen molar-refractivity contribution < 1.29 is 19.0 Å². The van der Waals surface area contributed by atoms with Crippen molar-refractivity contribution in [3.05, 3.63) is 71.0 Å². The van der Waals surface area contributed by atoms with Crippen LogP contribution in [0.5, 0.6) is 0 Å². The number of carbonyl (C=O) groups excluding carboxylic acids is 1. The zero-order valence-corrected chi connectivity index (χ0v) is 16.1. The molecule has 2 bridgehead atoms. The van der Waals surface area contributed by atoms with E-state index in [1.807, 2.05) is 36.4 Å². The van der Waals surface area contributed by atoms with Gasteiger partial charge in [0, 0.05) is 30.5 Å². The Kier molecular flexibility index (Phi) is 5.25. The van der Waals surface area contributed by atoms with Crippen molar-refractivity contribution in [2.75, 3.05) is 0 Å². The number of hydrogen-bond acceptors (Lipinski definition) is 4. The maximum absolute atomic E-state index is 14.1. The maximum atomic E-state index is 14.1. The van der Waals surface area contributed by atoms with E-state index in [-0.39, 0.29) is 43.2 Å².